The van der Waals surface area contributed by atoms with Crippen LogP contribution in [0.4, 0.5) is 8.78 Å². The molecule has 0 aliphatic heterocycles. The minimum Gasteiger partial charge on any atom is -0.486 e. The van der Waals surface area contributed by atoms with Crippen molar-refractivity contribution >= 4 is 23.1 Å². The van der Waals surface area contributed by atoms with Gasteiger partial charge in [-0.1, -0.05) is 23.4 Å². The topological polar surface area (TPSA) is 73.9 Å². The van der Waals surface area contributed by atoms with Gasteiger partial charge in [-0.15, -0.1) is 11.3 Å². The van der Waals surface area contributed by atoms with Crippen molar-refractivity contribution in [3.05, 3.63) is 87.6 Å². The molecule has 1 heterocycles. The Balaban J connectivity index is 1.64. The molecule has 2 aromatic carbocycles. The maximum Gasteiger partial charge on any atom is 0.365 e. The van der Waals surface area contributed by atoms with Crippen molar-refractivity contribution in [2.45, 2.75) is 6.61 Å². The summed E-state index contributed by atoms with van der Waals surface area (Å²) in [5.41, 5.74) is 6.57. The van der Waals surface area contributed by atoms with Gasteiger partial charge in [0.1, 0.15) is 12.4 Å². The molecule has 0 bridgehead atoms. The molecule has 0 atom stereocenters. The van der Waals surface area contributed by atoms with Gasteiger partial charge in [-0.3, -0.25) is 0 Å². The van der Waals surface area contributed by atoms with Crippen LogP contribution < -0.4 is 10.5 Å². The molecular formula is C19H14F2N2O3S. The molecule has 0 saturated heterocycles. The highest BCUT2D eigenvalue weighted by Gasteiger charge is 2.10. The Kier molecular flexibility index (Phi) is 5.77. The number of nitrogens with zero attached hydrogens (tertiary/aromatic N) is 1. The lowest BCUT2D eigenvalue weighted by Gasteiger charge is -2.08. The lowest BCUT2D eigenvalue weighted by molar-refractivity contribution is 0.0516. The second-order valence-corrected chi connectivity index (χ2v) is 6.34. The van der Waals surface area contributed by atoms with Crippen molar-refractivity contribution in [1.29, 1.82) is 0 Å². The second kappa shape index (κ2) is 8.41. The van der Waals surface area contributed by atoms with E-state index in [2.05, 4.69) is 5.16 Å². The zero-order valence-corrected chi connectivity index (χ0v) is 14.7. The van der Waals surface area contributed by atoms with E-state index in [1.54, 1.807) is 30.3 Å². The summed E-state index contributed by atoms with van der Waals surface area (Å²) in [4.78, 5) is 17.7. The predicted octanol–water partition coefficient (Wildman–Crippen LogP) is 4.08. The Morgan fingerprint density at radius 3 is 2.70 bits per heavy atom. The van der Waals surface area contributed by atoms with E-state index in [1.165, 1.54) is 23.5 Å². The second-order valence-electron chi connectivity index (χ2n) is 5.40. The fourth-order valence-corrected chi connectivity index (χ4v) is 2.77. The van der Waals surface area contributed by atoms with Gasteiger partial charge in [0.25, 0.3) is 0 Å². The molecule has 0 spiro atoms. The molecule has 27 heavy (non-hydrogen) atoms. The van der Waals surface area contributed by atoms with Crippen molar-refractivity contribution in [2.75, 3.05) is 0 Å². The van der Waals surface area contributed by atoms with Crippen LogP contribution in [-0.4, -0.2) is 11.8 Å². The van der Waals surface area contributed by atoms with Gasteiger partial charge in [0.2, 0.25) is 0 Å². The minimum absolute atomic E-state index is 0.00965. The Hall–Kier alpha value is -3.26. The molecule has 5 nitrogen and oxygen atoms in total. The summed E-state index contributed by atoms with van der Waals surface area (Å²) in [6.07, 6.45) is 0. The Labute approximate surface area is 157 Å². The summed E-state index contributed by atoms with van der Waals surface area (Å²) in [6.45, 7) is -0.00965. The fourth-order valence-electron chi connectivity index (χ4n) is 2.15. The first-order valence-corrected chi connectivity index (χ1v) is 8.66. The number of carbonyl (C=O) groups excluding carboxylic acids is 1. The van der Waals surface area contributed by atoms with Crippen LogP contribution in [0.1, 0.15) is 20.8 Å². The average Bonchev–Trinajstić information content (AvgIpc) is 3.20. The molecule has 0 aliphatic carbocycles. The maximum atomic E-state index is 13.6. The van der Waals surface area contributed by atoms with Gasteiger partial charge in [-0.05, 0) is 41.3 Å². The smallest absolute Gasteiger partial charge is 0.365 e. The molecule has 0 radical (unpaired) electrons. The molecule has 138 valence electrons. The Morgan fingerprint density at radius 2 is 1.96 bits per heavy atom. The van der Waals surface area contributed by atoms with Gasteiger partial charge in [-0.2, -0.15) is 0 Å². The summed E-state index contributed by atoms with van der Waals surface area (Å²) in [6, 6.07) is 13.0. The molecule has 3 rings (SSSR count). The average molecular weight is 388 g/mol. The van der Waals surface area contributed by atoms with E-state index in [0.29, 0.717) is 10.4 Å². The molecule has 8 heteroatoms. The molecule has 0 aliphatic rings. The van der Waals surface area contributed by atoms with Crippen LogP contribution in [0.25, 0.3) is 0 Å². The monoisotopic (exact) mass is 388 g/mol. The number of hydrogen-bond donors (Lipinski definition) is 1. The van der Waals surface area contributed by atoms with Gasteiger partial charge >= 0.3 is 5.97 Å². The highest BCUT2D eigenvalue weighted by Crippen LogP contribution is 2.19. The number of carbonyl (C=O) groups is 1. The van der Waals surface area contributed by atoms with E-state index < -0.39 is 17.6 Å². The molecular weight excluding hydrogens is 374 g/mol. The predicted molar refractivity (Wildman–Crippen MR) is 97.6 cm³/mol. The van der Waals surface area contributed by atoms with Crippen LogP contribution >= 0.6 is 11.3 Å². The normalized spacial score (nSPS) is 11.3. The van der Waals surface area contributed by atoms with Crippen LogP contribution in [0.15, 0.2) is 65.1 Å². The van der Waals surface area contributed by atoms with E-state index in [-0.39, 0.29) is 23.8 Å². The van der Waals surface area contributed by atoms with Crippen LogP contribution in [-0.2, 0) is 11.4 Å². The zero-order valence-electron chi connectivity index (χ0n) is 13.9. The summed E-state index contributed by atoms with van der Waals surface area (Å²) in [5.74, 6) is -2.16. The summed E-state index contributed by atoms with van der Waals surface area (Å²) in [7, 11) is 0. The Morgan fingerprint density at radius 1 is 1.11 bits per heavy atom. The lowest BCUT2D eigenvalue weighted by atomic mass is 10.1. The number of nitrogens with two attached hydrogens (primary N) is 1. The number of rotatable bonds is 6. The van der Waals surface area contributed by atoms with Crippen molar-refractivity contribution in [1.82, 2.24) is 0 Å². The third kappa shape index (κ3) is 4.89. The Bertz CT molecular complexity index is 975. The number of hydrogen-bond acceptors (Lipinski definition) is 5. The largest absolute Gasteiger partial charge is 0.486 e. The van der Waals surface area contributed by atoms with E-state index >= 15 is 0 Å². The van der Waals surface area contributed by atoms with E-state index in [4.69, 9.17) is 15.3 Å². The standard InChI is InChI=1S/C19H14F2N2O3S/c20-14-6-7-16(15(21)10-14)25-11-12-3-1-4-13(9-12)19(24)26-23-18(22)17-5-2-8-27-17/h1-10H,11H2,(H2,22,23). The van der Waals surface area contributed by atoms with E-state index in [9.17, 15) is 13.6 Å². The third-order valence-electron chi connectivity index (χ3n) is 3.45. The van der Waals surface area contributed by atoms with Gasteiger partial charge in [0.15, 0.2) is 17.4 Å². The van der Waals surface area contributed by atoms with Gasteiger partial charge in [-0.25, -0.2) is 13.6 Å². The molecule has 2 N–H and O–H groups in total. The van der Waals surface area contributed by atoms with E-state index in [0.717, 1.165) is 12.1 Å². The number of oxime groups is 1. The first kappa shape index (κ1) is 18.5. The van der Waals surface area contributed by atoms with Crippen LogP contribution in [0.3, 0.4) is 0 Å². The van der Waals surface area contributed by atoms with Gasteiger partial charge in [0.05, 0.1) is 10.4 Å². The van der Waals surface area contributed by atoms with Crippen LogP contribution in [0.2, 0.25) is 0 Å². The summed E-state index contributed by atoms with van der Waals surface area (Å²) in [5, 5.41) is 5.45. The molecule has 0 amide bonds. The number of benzene rings is 2. The lowest BCUT2D eigenvalue weighted by Crippen LogP contribution is -2.13. The highest BCUT2D eigenvalue weighted by molar-refractivity contribution is 7.12. The first-order valence-electron chi connectivity index (χ1n) is 7.78. The van der Waals surface area contributed by atoms with E-state index in [1.807, 2.05) is 5.38 Å². The molecule has 3 aromatic rings. The number of thiophene rings is 1. The number of ether oxygens (including phenoxy) is 1. The molecule has 0 fully saturated rings. The highest BCUT2D eigenvalue weighted by atomic mass is 32.1. The third-order valence-corrected chi connectivity index (χ3v) is 4.34. The van der Waals surface area contributed by atoms with Gasteiger partial charge < -0.3 is 15.3 Å². The maximum absolute atomic E-state index is 13.6. The van der Waals surface area contributed by atoms with Gasteiger partial charge in [0, 0.05) is 6.07 Å². The quantitative estimate of drug-likeness (QED) is 0.299. The minimum atomic E-state index is -0.802. The van der Waals surface area contributed by atoms with Crippen molar-refractivity contribution in [2.24, 2.45) is 10.9 Å². The first-order chi connectivity index (χ1) is 13.0. The summed E-state index contributed by atoms with van der Waals surface area (Å²) < 4.78 is 31.8. The van der Waals surface area contributed by atoms with Crippen molar-refractivity contribution in [3.8, 4) is 5.75 Å². The molecule has 1 aromatic heterocycles. The number of amidine groups is 1. The number of halogens is 2. The molecule has 0 unspecified atom stereocenters. The fraction of sp³-hybridized carbons (Fsp3) is 0.0526. The van der Waals surface area contributed by atoms with Crippen LogP contribution in [0.5, 0.6) is 5.75 Å². The van der Waals surface area contributed by atoms with Crippen molar-refractivity contribution < 1.29 is 23.1 Å². The SMILES string of the molecule is N/C(=N\OC(=O)c1cccc(COc2ccc(F)cc2F)c1)c1cccs1. The van der Waals surface area contributed by atoms with Crippen LogP contribution in [0, 0.1) is 11.6 Å². The molecule has 0 saturated carbocycles. The summed E-state index contributed by atoms with van der Waals surface area (Å²) >= 11 is 1.37. The zero-order chi connectivity index (χ0) is 19.2. The van der Waals surface area contributed by atoms with Crippen molar-refractivity contribution in [3.63, 3.8) is 0 Å².